The summed E-state index contributed by atoms with van der Waals surface area (Å²) in [5, 5.41) is 0. The molecular weight excluding hydrogens is 358 g/mol. The third-order valence-corrected chi connectivity index (χ3v) is 7.43. The molecule has 1 aromatic heterocycles. The van der Waals surface area contributed by atoms with Crippen molar-refractivity contribution in [3.63, 3.8) is 0 Å². The SMILES string of the molecule is Cc1ccc(C(=O)N2CCC(N3CCCC(C(=O)N4CCCC4)C3)CC2)s1. The summed E-state index contributed by atoms with van der Waals surface area (Å²) in [4.78, 5) is 34.1. The summed E-state index contributed by atoms with van der Waals surface area (Å²) < 4.78 is 0. The third-order valence-electron chi connectivity index (χ3n) is 6.44. The molecule has 2 amide bonds. The lowest BCUT2D eigenvalue weighted by Gasteiger charge is -2.42. The van der Waals surface area contributed by atoms with E-state index >= 15 is 0 Å². The van der Waals surface area contributed by atoms with Crippen molar-refractivity contribution in [2.45, 2.75) is 51.5 Å². The fraction of sp³-hybridized carbons (Fsp3) is 0.714. The highest BCUT2D eigenvalue weighted by molar-refractivity contribution is 7.13. The van der Waals surface area contributed by atoms with Gasteiger partial charge in [0.1, 0.15) is 0 Å². The summed E-state index contributed by atoms with van der Waals surface area (Å²) >= 11 is 1.59. The van der Waals surface area contributed by atoms with Gasteiger partial charge in [0, 0.05) is 43.6 Å². The minimum Gasteiger partial charge on any atom is -0.342 e. The number of rotatable bonds is 3. The standard InChI is InChI=1S/C21H31N3O2S/c1-16-6-7-19(27-16)21(26)23-13-8-18(9-14-23)24-12-4-5-17(15-24)20(25)22-10-2-3-11-22/h6-7,17-18H,2-5,8-15H2,1H3. The molecule has 0 N–H and O–H groups in total. The molecule has 1 unspecified atom stereocenters. The van der Waals surface area contributed by atoms with E-state index in [1.54, 1.807) is 11.3 Å². The van der Waals surface area contributed by atoms with E-state index < -0.39 is 0 Å². The summed E-state index contributed by atoms with van der Waals surface area (Å²) in [6, 6.07) is 4.50. The first-order valence-corrected chi connectivity index (χ1v) is 11.3. The average molecular weight is 390 g/mol. The number of carbonyl (C=O) groups excluding carboxylic acids is 2. The molecule has 27 heavy (non-hydrogen) atoms. The Balaban J connectivity index is 1.30. The van der Waals surface area contributed by atoms with Gasteiger partial charge in [-0.05, 0) is 64.1 Å². The second kappa shape index (κ2) is 8.31. The van der Waals surface area contributed by atoms with Crippen LogP contribution in [0.15, 0.2) is 12.1 Å². The Bertz CT molecular complexity index is 675. The van der Waals surface area contributed by atoms with Crippen LogP contribution in [-0.4, -0.2) is 71.8 Å². The first-order chi connectivity index (χ1) is 13.1. The Labute approximate surface area is 166 Å². The van der Waals surface area contributed by atoms with E-state index in [2.05, 4.69) is 9.80 Å². The van der Waals surface area contributed by atoms with Crippen molar-refractivity contribution < 1.29 is 9.59 Å². The molecule has 4 rings (SSSR count). The van der Waals surface area contributed by atoms with Crippen LogP contribution in [0.3, 0.4) is 0 Å². The number of hydrogen-bond donors (Lipinski definition) is 0. The molecule has 0 saturated carbocycles. The maximum atomic E-state index is 12.8. The molecular formula is C21H31N3O2S. The van der Waals surface area contributed by atoms with Crippen LogP contribution in [0.1, 0.15) is 53.1 Å². The van der Waals surface area contributed by atoms with E-state index in [0.29, 0.717) is 11.9 Å². The molecule has 4 heterocycles. The summed E-state index contributed by atoms with van der Waals surface area (Å²) in [5.41, 5.74) is 0. The van der Waals surface area contributed by atoms with Gasteiger partial charge in [-0.1, -0.05) is 0 Å². The molecule has 0 radical (unpaired) electrons. The van der Waals surface area contributed by atoms with Gasteiger partial charge < -0.3 is 9.80 Å². The number of piperidine rings is 2. The maximum absolute atomic E-state index is 12.8. The lowest BCUT2D eigenvalue weighted by Crippen LogP contribution is -2.51. The number of aryl methyl sites for hydroxylation is 1. The molecule has 5 nitrogen and oxygen atoms in total. The van der Waals surface area contributed by atoms with Gasteiger partial charge in [0.05, 0.1) is 10.8 Å². The Morgan fingerprint density at radius 1 is 0.926 bits per heavy atom. The van der Waals surface area contributed by atoms with E-state index in [1.807, 2.05) is 24.0 Å². The molecule has 1 aromatic rings. The van der Waals surface area contributed by atoms with Crippen LogP contribution in [0.4, 0.5) is 0 Å². The molecule has 0 aliphatic carbocycles. The van der Waals surface area contributed by atoms with Crippen LogP contribution in [0.25, 0.3) is 0 Å². The number of hydrogen-bond acceptors (Lipinski definition) is 4. The lowest BCUT2D eigenvalue weighted by molar-refractivity contribution is -0.136. The highest BCUT2D eigenvalue weighted by atomic mass is 32.1. The quantitative estimate of drug-likeness (QED) is 0.798. The van der Waals surface area contributed by atoms with Crippen molar-refractivity contribution in [3.8, 4) is 0 Å². The highest BCUT2D eigenvalue weighted by Gasteiger charge is 2.34. The zero-order chi connectivity index (χ0) is 18.8. The van der Waals surface area contributed by atoms with Crippen molar-refractivity contribution in [2.75, 3.05) is 39.3 Å². The predicted molar refractivity (Wildman–Crippen MR) is 108 cm³/mol. The van der Waals surface area contributed by atoms with Crippen molar-refractivity contribution >= 4 is 23.2 Å². The van der Waals surface area contributed by atoms with E-state index in [4.69, 9.17) is 0 Å². The molecule has 3 saturated heterocycles. The van der Waals surface area contributed by atoms with Gasteiger partial charge in [0.15, 0.2) is 0 Å². The third kappa shape index (κ3) is 4.21. The molecule has 1 atom stereocenters. The number of nitrogens with zero attached hydrogens (tertiary/aromatic N) is 3. The van der Waals surface area contributed by atoms with E-state index in [0.717, 1.165) is 69.8 Å². The van der Waals surface area contributed by atoms with Crippen LogP contribution in [-0.2, 0) is 4.79 Å². The molecule has 3 fully saturated rings. The topological polar surface area (TPSA) is 43.9 Å². The molecule has 3 aliphatic rings. The Hall–Kier alpha value is -1.40. The zero-order valence-corrected chi connectivity index (χ0v) is 17.2. The molecule has 0 bridgehead atoms. The van der Waals surface area contributed by atoms with Crippen molar-refractivity contribution in [1.82, 2.24) is 14.7 Å². The summed E-state index contributed by atoms with van der Waals surface area (Å²) in [5.74, 6) is 0.760. The van der Waals surface area contributed by atoms with Crippen molar-refractivity contribution in [1.29, 1.82) is 0 Å². The van der Waals surface area contributed by atoms with E-state index in [-0.39, 0.29) is 11.8 Å². The van der Waals surface area contributed by atoms with Gasteiger partial charge in [0.2, 0.25) is 5.91 Å². The second-order valence-corrected chi connectivity index (χ2v) is 9.59. The normalized spacial score (nSPS) is 25.1. The fourth-order valence-electron chi connectivity index (χ4n) is 4.87. The van der Waals surface area contributed by atoms with Crippen molar-refractivity contribution in [3.05, 3.63) is 21.9 Å². The van der Waals surface area contributed by atoms with Crippen LogP contribution in [0.5, 0.6) is 0 Å². The Morgan fingerprint density at radius 3 is 2.33 bits per heavy atom. The van der Waals surface area contributed by atoms with E-state index in [1.165, 1.54) is 17.7 Å². The minimum absolute atomic E-state index is 0.186. The first kappa shape index (κ1) is 18.9. The fourth-order valence-corrected chi connectivity index (χ4v) is 5.71. The summed E-state index contributed by atoms with van der Waals surface area (Å²) in [6.45, 7) is 7.65. The van der Waals surface area contributed by atoms with E-state index in [9.17, 15) is 9.59 Å². The van der Waals surface area contributed by atoms with Crippen LogP contribution in [0, 0.1) is 12.8 Å². The smallest absolute Gasteiger partial charge is 0.263 e. The number of thiophene rings is 1. The van der Waals surface area contributed by atoms with Gasteiger partial charge >= 0.3 is 0 Å². The molecule has 6 heteroatoms. The Kier molecular flexibility index (Phi) is 5.83. The summed E-state index contributed by atoms with van der Waals surface area (Å²) in [6.07, 6.45) is 6.55. The lowest BCUT2D eigenvalue weighted by atomic mass is 9.93. The first-order valence-electron chi connectivity index (χ1n) is 10.5. The second-order valence-electron chi connectivity index (χ2n) is 8.30. The van der Waals surface area contributed by atoms with Gasteiger partial charge in [-0.25, -0.2) is 0 Å². The zero-order valence-electron chi connectivity index (χ0n) is 16.4. The maximum Gasteiger partial charge on any atom is 0.263 e. The summed E-state index contributed by atoms with van der Waals surface area (Å²) in [7, 11) is 0. The van der Waals surface area contributed by atoms with Gasteiger partial charge in [0.25, 0.3) is 5.91 Å². The monoisotopic (exact) mass is 389 g/mol. The number of amides is 2. The largest absolute Gasteiger partial charge is 0.342 e. The average Bonchev–Trinajstić information content (AvgIpc) is 3.39. The van der Waals surface area contributed by atoms with Crippen LogP contribution >= 0.6 is 11.3 Å². The predicted octanol–water partition coefficient (Wildman–Crippen LogP) is 3.00. The Morgan fingerprint density at radius 2 is 1.67 bits per heavy atom. The van der Waals surface area contributed by atoms with Crippen LogP contribution in [0.2, 0.25) is 0 Å². The molecule has 148 valence electrons. The van der Waals surface area contributed by atoms with Gasteiger partial charge in [-0.3, -0.25) is 14.5 Å². The van der Waals surface area contributed by atoms with Crippen LogP contribution < -0.4 is 0 Å². The number of carbonyl (C=O) groups is 2. The molecule has 3 aliphatic heterocycles. The molecule has 0 spiro atoms. The number of likely N-dealkylation sites (tertiary alicyclic amines) is 3. The van der Waals surface area contributed by atoms with Gasteiger partial charge in [-0.15, -0.1) is 11.3 Å². The highest BCUT2D eigenvalue weighted by Crippen LogP contribution is 2.27. The van der Waals surface area contributed by atoms with Crippen molar-refractivity contribution in [2.24, 2.45) is 5.92 Å². The minimum atomic E-state index is 0.186. The van der Waals surface area contributed by atoms with Gasteiger partial charge in [-0.2, -0.15) is 0 Å². The molecule has 0 aromatic carbocycles.